The molecule has 1 aromatic carbocycles. The molecule has 0 N–H and O–H groups in total. The molecule has 2 rings (SSSR count). The van der Waals surface area contributed by atoms with Crippen LogP contribution in [0.3, 0.4) is 0 Å². The summed E-state index contributed by atoms with van der Waals surface area (Å²) in [5.41, 5.74) is 0.975. The highest BCUT2D eigenvalue weighted by Gasteiger charge is 2.11. The van der Waals surface area contributed by atoms with Crippen LogP contribution in [0, 0.1) is 0 Å². The van der Waals surface area contributed by atoms with Crippen molar-refractivity contribution in [2.75, 3.05) is 14.1 Å². The van der Waals surface area contributed by atoms with E-state index in [9.17, 15) is 0 Å². The lowest BCUT2D eigenvalue weighted by Crippen LogP contribution is -2.22. The smallest absolute Gasteiger partial charge is 0.227 e. The lowest BCUT2D eigenvalue weighted by Gasteiger charge is -2.17. The first-order chi connectivity index (χ1) is 8.66. The van der Waals surface area contributed by atoms with Crippen LogP contribution in [0.5, 0.6) is 0 Å². The zero-order valence-corrected chi connectivity index (χ0v) is 12.7. The van der Waals surface area contributed by atoms with Crippen molar-refractivity contribution in [1.82, 2.24) is 15.0 Å². The molecular formula is C13H18ClN3OS. The molecule has 0 bridgehead atoms. The topological polar surface area (TPSA) is 42.2 Å². The van der Waals surface area contributed by atoms with Gasteiger partial charge < -0.3 is 4.52 Å². The number of nitrogens with zero attached hydrogens (tertiary/aromatic N) is 3. The van der Waals surface area contributed by atoms with E-state index in [1.165, 1.54) is 0 Å². The summed E-state index contributed by atoms with van der Waals surface area (Å²) in [6.07, 6.45) is 1.62. The Morgan fingerprint density at radius 3 is 2.58 bits per heavy atom. The quantitative estimate of drug-likeness (QED) is 0.681. The van der Waals surface area contributed by atoms with Crippen LogP contribution < -0.4 is 0 Å². The van der Waals surface area contributed by atoms with Gasteiger partial charge in [-0.3, -0.25) is 4.90 Å². The first-order valence-electron chi connectivity index (χ1n) is 5.89. The van der Waals surface area contributed by atoms with Crippen molar-refractivity contribution >= 4 is 25.0 Å². The Kier molecular flexibility index (Phi) is 6.34. The van der Waals surface area contributed by atoms with Gasteiger partial charge in [0.25, 0.3) is 0 Å². The third-order valence-corrected chi connectivity index (χ3v) is 3.43. The van der Waals surface area contributed by atoms with Crippen molar-refractivity contribution in [2.45, 2.75) is 18.2 Å². The molecule has 0 radical (unpaired) electrons. The maximum Gasteiger partial charge on any atom is 0.227 e. The summed E-state index contributed by atoms with van der Waals surface area (Å²) in [5, 5.41) is 4.19. The van der Waals surface area contributed by atoms with Crippen LogP contribution >= 0.6 is 25.0 Å². The Bertz CT molecular complexity index is 490. The molecule has 0 fully saturated rings. The van der Waals surface area contributed by atoms with Crippen molar-refractivity contribution in [3.63, 3.8) is 0 Å². The van der Waals surface area contributed by atoms with Gasteiger partial charge in [0.05, 0.1) is 5.37 Å². The summed E-state index contributed by atoms with van der Waals surface area (Å²) >= 11 is 4.47. The molecule has 0 amide bonds. The number of aromatic nitrogens is 2. The van der Waals surface area contributed by atoms with Gasteiger partial charge >= 0.3 is 0 Å². The van der Waals surface area contributed by atoms with Crippen LogP contribution in [0.4, 0.5) is 0 Å². The maximum atomic E-state index is 5.24. The van der Waals surface area contributed by atoms with E-state index in [2.05, 4.69) is 27.7 Å². The monoisotopic (exact) mass is 299 g/mol. The average molecular weight is 300 g/mol. The van der Waals surface area contributed by atoms with E-state index in [0.717, 1.165) is 18.4 Å². The predicted molar refractivity (Wildman–Crippen MR) is 81.8 cm³/mol. The van der Waals surface area contributed by atoms with Crippen molar-refractivity contribution < 1.29 is 4.52 Å². The maximum absolute atomic E-state index is 5.24. The normalized spacial score (nSPS) is 12.2. The highest BCUT2D eigenvalue weighted by Crippen LogP contribution is 2.16. The van der Waals surface area contributed by atoms with Crippen LogP contribution in [0.1, 0.15) is 12.3 Å². The average Bonchev–Trinajstić information content (AvgIpc) is 2.85. The molecule has 0 spiro atoms. The summed E-state index contributed by atoms with van der Waals surface area (Å²) < 4.78 is 5.24. The van der Waals surface area contributed by atoms with Gasteiger partial charge in [-0.2, -0.15) is 17.6 Å². The van der Waals surface area contributed by atoms with E-state index >= 15 is 0 Å². The molecule has 0 aliphatic heterocycles. The van der Waals surface area contributed by atoms with Crippen molar-refractivity contribution in [3.8, 4) is 11.4 Å². The second-order valence-corrected chi connectivity index (χ2v) is 4.96. The Morgan fingerprint density at radius 1 is 1.26 bits per heavy atom. The molecule has 6 heteroatoms. The second-order valence-electron chi connectivity index (χ2n) is 4.36. The third-order valence-electron chi connectivity index (χ3n) is 2.71. The van der Waals surface area contributed by atoms with Crippen LogP contribution in [-0.2, 0) is 6.42 Å². The number of halogens is 1. The molecular weight excluding hydrogens is 282 g/mol. The zero-order valence-electron chi connectivity index (χ0n) is 11.0. The largest absolute Gasteiger partial charge is 0.339 e. The summed E-state index contributed by atoms with van der Waals surface area (Å²) in [6.45, 7) is 0. The van der Waals surface area contributed by atoms with Crippen LogP contribution in [-0.4, -0.2) is 34.5 Å². The molecule has 0 aliphatic carbocycles. The lowest BCUT2D eigenvalue weighted by atomic mass is 10.2. The number of aryl methyl sites for hydroxylation is 1. The number of hydrogen-bond acceptors (Lipinski definition) is 5. The van der Waals surface area contributed by atoms with E-state index in [0.29, 0.717) is 11.7 Å². The molecule has 0 saturated heterocycles. The molecule has 104 valence electrons. The van der Waals surface area contributed by atoms with E-state index in [1.807, 2.05) is 44.4 Å². The highest BCUT2D eigenvalue weighted by atomic mass is 35.5. The van der Waals surface area contributed by atoms with Crippen molar-refractivity contribution in [2.24, 2.45) is 0 Å². The Balaban J connectivity index is 0.00000180. The van der Waals surface area contributed by atoms with Gasteiger partial charge in [0.2, 0.25) is 11.7 Å². The third kappa shape index (κ3) is 4.53. The first kappa shape index (κ1) is 16.0. The van der Waals surface area contributed by atoms with Gasteiger partial charge in [-0.1, -0.05) is 35.5 Å². The molecule has 4 nitrogen and oxygen atoms in total. The van der Waals surface area contributed by atoms with Crippen molar-refractivity contribution in [1.29, 1.82) is 0 Å². The van der Waals surface area contributed by atoms with Crippen LogP contribution in [0.2, 0.25) is 0 Å². The molecule has 0 aliphatic rings. The van der Waals surface area contributed by atoms with E-state index in [-0.39, 0.29) is 17.8 Å². The Labute approximate surface area is 125 Å². The SMILES string of the molecule is CN(C)C(S)CCc1nc(-c2ccccc2)no1.Cl. The molecule has 1 atom stereocenters. The van der Waals surface area contributed by atoms with E-state index in [1.54, 1.807) is 0 Å². The van der Waals surface area contributed by atoms with Gasteiger partial charge in [0.1, 0.15) is 0 Å². The van der Waals surface area contributed by atoms with E-state index in [4.69, 9.17) is 4.52 Å². The Morgan fingerprint density at radius 2 is 1.95 bits per heavy atom. The van der Waals surface area contributed by atoms with Gasteiger partial charge in [-0.25, -0.2) is 0 Å². The summed E-state index contributed by atoms with van der Waals surface area (Å²) in [7, 11) is 4.00. The molecule has 1 heterocycles. The van der Waals surface area contributed by atoms with E-state index < -0.39 is 0 Å². The molecule has 0 saturated carbocycles. The second kappa shape index (κ2) is 7.53. The predicted octanol–water partition coefficient (Wildman–Crippen LogP) is 2.91. The lowest BCUT2D eigenvalue weighted by molar-refractivity contribution is 0.339. The van der Waals surface area contributed by atoms with Crippen LogP contribution in [0.15, 0.2) is 34.9 Å². The van der Waals surface area contributed by atoms with Crippen molar-refractivity contribution in [3.05, 3.63) is 36.2 Å². The zero-order chi connectivity index (χ0) is 13.0. The fourth-order valence-electron chi connectivity index (χ4n) is 1.57. The minimum atomic E-state index is 0. The summed E-state index contributed by atoms with van der Waals surface area (Å²) in [5.74, 6) is 1.31. The summed E-state index contributed by atoms with van der Waals surface area (Å²) in [4.78, 5) is 6.43. The number of benzene rings is 1. The van der Waals surface area contributed by atoms with Gasteiger partial charge in [0.15, 0.2) is 0 Å². The molecule has 19 heavy (non-hydrogen) atoms. The van der Waals surface area contributed by atoms with Gasteiger partial charge in [-0.15, -0.1) is 12.4 Å². The number of rotatable bonds is 5. The minimum Gasteiger partial charge on any atom is -0.339 e. The fraction of sp³-hybridized carbons (Fsp3) is 0.385. The number of thiol groups is 1. The molecule has 2 aromatic rings. The number of hydrogen-bond donors (Lipinski definition) is 1. The standard InChI is InChI=1S/C13H17N3OS.ClH/c1-16(2)12(18)9-8-11-14-13(15-17-11)10-6-4-3-5-7-10;/h3-7,12,18H,8-9H2,1-2H3;1H. The Hall–Kier alpha value is -1.04. The van der Waals surface area contributed by atoms with Crippen LogP contribution in [0.25, 0.3) is 11.4 Å². The fourth-order valence-corrected chi connectivity index (χ4v) is 1.70. The van der Waals surface area contributed by atoms with Gasteiger partial charge in [0, 0.05) is 12.0 Å². The van der Waals surface area contributed by atoms with Gasteiger partial charge in [-0.05, 0) is 20.5 Å². The molecule has 1 aromatic heterocycles. The minimum absolute atomic E-state index is 0. The highest BCUT2D eigenvalue weighted by molar-refractivity contribution is 7.80. The first-order valence-corrected chi connectivity index (χ1v) is 6.41. The summed E-state index contributed by atoms with van der Waals surface area (Å²) in [6, 6.07) is 9.82. The molecule has 1 unspecified atom stereocenters.